The van der Waals surface area contributed by atoms with Crippen LogP contribution in [-0.2, 0) is 9.59 Å². The molecule has 1 N–H and O–H groups in total. The molecule has 0 aromatic heterocycles. The first-order chi connectivity index (χ1) is 9.50. The zero-order valence-corrected chi connectivity index (χ0v) is 11.5. The number of aliphatic carboxylic acids is 1. The Morgan fingerprint density at radius 1 is 1.50 bits per heavy atom. The first kappa shape index (κ1) is 13.0. The lowest BCUT2D eigenvalue weighted by molar-refractivity contribution is -0.180. The molecule has 1 amide bonds. The highest BCUT2D eigenvalue weighted by Gasteiger charge is 2.56. The van der Waals surface area contributed by atoms with Crippen LogP contribution in [0.2, 0.25) is 0 Å². The van der Waals surface area contributed by atoms with Crippen molar-refractivity contribution in [3.8, 4) is 5.75 Å². The highest BCUT2D eigenvalue weighted by Crippen LogP contribution is 2.50. The number of rotatable bonds is 2. The van der Waals surface area contributed by atoms with Gasteiger partial charge in [-0.3, -0.25) is 9.59 Å². The summed E-state index contributed by atoms with van der Waals surface area (Å²) >= 11 is 0. The van der Waals surface area contributed by atoms with Crippen LogP contribution in [0.3, 0.4) is 0 Å². The molecule has 1 fully saturated rings. The van der Waals surface area contributed by atoms with Crippen molar-refractivity contribution in [2.45, 2.75) is 31.4 Å². The maximum atomic E-state index is 12.4. The molecular weight excluding hydrogens is 258 g/mol. The lowest BCUT2D eigenvalue weighted by Gasteiger charge is -2.52. The summed E-state index contributed by atoms with van der Waals surface area (Å²) in [5, 5.41) is 9.43. The first-order valence-corrected chi connectivity index (χ1v) is 6.78. The van der Waals surface area contributed by atoms with E-state index in [9.17, 15) is 14.7 Å². The summed E-state index contributed by atoms with van der Waals surface area (Å²) in [4.78, 5) is 25.4. The number of benzene rings is 1. The number of likely N-dealkylation sites (tertiary alicyclic amines) is 1. The molecule has 106 valence electrons. The van der Waals surface area contributed by atoms with Crippen LogP contribution in [0.5, 0.6) is 5.75 Å². The Kier molecular flexibility index (Phi) is 2.74. The topological polar surface area (TPSA) is 66.8 Å². The van der Waals surface area contributed by atoms with E-state index in [0.717, 1.165) is 5.56 Å². The Balaban J connectivity index is 2.18. The van der Waals surface area contributed by atoms with Gasteiger partial charge in [0, 0.05) is 25.8 Å². The predicted octanol–water partition coefficient (Wildman–Crippen LogP) is 1.83. The van der Waals surface area contributed by atoms with Crippen LogP contribution in [0, 0.1) is 5.92 Å². The van der Waals surface area contributed by atoms with E-state index in [1.165, 1.54) is 4.90 Å². The summed E-state index contributed by atoms with van der Waals surface area (Å²) in [6, 6.07) is 7.41. The van der Waals surface area contributed by atoms with Gasteiger partial charge in [-0.1, -0.05) is 25.1 Å². The molecule has 1 aromatic carbocycles. The molecule has 1 saturated heterocycles. The molecule has 5 heteroatoms. The third-order valence-electron chi connectivity index (χ3n) is 4.59. The first-order valence-electron chi connectivity index (χ1n) is 6.78. The van der Waals surface area contributed by atoms with Crippen LogP contribution in [0.1, 0.15) is 31.2 Å². The molecule has 0 unspecified atom stereocenters. The van der Waals surface area contributed by atoms with E-state index in [4.69, 9.17) is 4.74 Å². The SMILES string of the molecule is CC[C@]12C[C@@H](c3ccccc3O1)[C@H](C(=O)O)C(=O)N2C. The van der Waals surface area contributed by atoms with Crippen molar-refractivity contribution in [1.29, 1.82) is 0 Å². The van der Waals surface area contributed by atoms with Crippen LogP contribution in [0.25, 0.3) is 0 Å². The normalized spacial score (nSPS) is 31.5. The fourth-order valence-corrected chi connectivity index (χ4v) is 3.40. The molecule has 0 radical (unpaired) electrons. The summed E-state index contributed by atoms with van der Waals surface area (Å²) in [6.45, 7) is 1.95. The molecular formula is C15H17NO4. The molecule has 0 spiro atoms. The molecule has 2 aliphatic rings. The number of piperidine rings is 1. The quantitative estimate of drug-likeness (QED) is 0.836. The average Bonchev–Trinajstić information content (AvgIpc) is 2.44. The number of hydrogen-bond donors (Lipinski definition) is 1. The van der Waals surface area contributed by atoms with Crippen molar-refractivity contribution in [3.63, 3.8) is 0 Å². The van der Waals surface area contributed by atoms with E-state index in [2.05, 4.69) is 0 Å². The third-order valence-corrected chi connectivity index (χ3v) is 4.59. The van der Waals surface area contributed by atoms with Crippen molar-refractivity contribution in [1.82, 2.24) is 4.90 Å². The lowest BCUT2D eigenvalue weighted by atomic mass is 9.73. The van der Waals surface area contributed by atoms with Gasteiger partial charge in [0.15, 0.2) is 5.72 Å². The van der Waals surface area contributed by atoms with E-state index >= 15 is 0 Å². The van der Waals surface area contributed by atoms with Gasteiger partial charge in [-0.15, -0.1) is 0 Å². The van der Waals surface area contributed by atoms with Gasteiger partial charge in [0.1, 0.15) is 11.7 Å². The Hall–Kier alpha value is -2.04. The van der Waals surface area contributed by atoms with Crippen molar-refractivity contribution in [3.05, 3.63) is 29.8 Å². The van der Waals surface area contributed by atoms with Gasteiger partial charge in [-0.25, -0.2) is 0 Å². The third kappa shape index (κ3) is 1.55. The van der Waals surface area contributed by atoms with Gasteiger partial charge in [0.2, 0.25) is 5.91 Å². The van der Waals surface area contributed by atoms with Gasteiger partial charge < -0.3 is 14.7 Å². The largest absolute Gasteiger partial charge is 0.481 e. The average molecular weight is 275 g/mol. The predicted molar refractivity (Wildman–Crippen MR) is 71.3 cm³/mol. The standard InChI is InChI=1S/C15H17NO4/c1-3-15-8-10(9-6-4-5-7-11(9)20-15)12(14(18)19)13(17)16(15)2/h4-7,10,12H,3,8H2,1-2H3,(H,18,19)/t10-,12-,15+/m0/s1. The van der Waals surface area contributed by atoms with Gasteiger partial charge in [-0.05, 0) is 11.6 Å². The Bertz CT molecular complexity index is 585. The number of hydrogen-bond acceptors (Lipinski definition) is 3. The van der Waals surface area contributed by atoms with E-state index in [-0.39, 0.29) is 11.8 Å². The summed E-state index contributed by atoms with van der Waals surface area (Å²) in [5.41, 5.74) is 0.104. The number of carboxylic acids is 1. The summed E-state index contributed by atoms with van der Waals surface area (Å²) < 4.78 is 6.06. The lowest BCUT2D eigenvalue weighted by Crippen LogP contribution is -2.63. The molecule has 3 rings (SSSR count). The fourth-order valence-electron chi connectivity index (χ4n) is 3.40. The second kappa shape index (κ2) is 4.23. The molecule has 3 atom stereocenters. The summed E-state index contributed by atoms with van der Waals surface area (Å²) in [6.07, 6.45) is 1.16. The zero-order valence-electron chi connectivity index (χ0n) is 11.5. The van der Waals surface area contributed by atoms with Gasteiger partial charge in [0.25, 0.3) is 0 Å². The van der Waals surface area contributed by atoms with Crippen LogP contribution in [-0.4, -0.2) is 34.7 Å². The van der Waals surface area contributed by atoms with Crippen LogP contribution < -0.4 is 4.74 Å². The molecule has 2 heterocycles. The molecule has 0 aliphatic carbocycles. The smallest absolute Gasteiger partial charge is 0.316 e. The molecule has 20 heavy (non-hydrogen) atoms. The van der Waals surface area contributed by atoms with Gasteiger partial charge in [0.05, 0.1) is 0 Å². The number of para-hydroxylation sites is 1. The molecule has 5 nitrogen and oxygen atoms in total. The minimum Gasteiger partial charge on any atom is -0.481 e. The maximum absolute atomic E-state index is 12.4. The Morgan fingerprint density at radius 2 is 2.20 bits per heavy atom. The van der Waals surface area contributed by atoms with Crippen molar-refractivity contribution in [2.75, 3.05) is 7.05 Å². The number of fused-ring (bicyclic) bond motifs is 4. The van der Waals surface area contributed by atoms with E-state index in [0.29, 0.717) is 18.6 Å². The fraction of sp³-hybridized carbons (Fsp3) is 0.467. The second-order valence-corrected chi connectivity index (χ2v) is 5.46. The Morgan fingerprint density at radius 3 is 2.85 bits per heavy atom. The van der Waals surface area contributed by atoms with Crippen LogP contribution in [0.15, 0.2) is 24.3 Å². The molecule has 0 saturated carbocycles. The van der Waals surface area contributed by atoms with Crippen molar-refractivity contribution < 1.29 is 19.4 Å². The van der Waals surface area contributed by atoms with E-state index < -0.39 is 17.6 Å². The molecule has 2 aliphatic heterocycles. The number of carboxylic acid groups (broad SMARTS) is 1. The number of nitrogens with zero attached hydrogens (tertiary/aromatic N) is 1. The second-order valence-electron chi connectivity index (χ2n) is 5.46. The number of amides is 1. The maximum Gasteiger partial charge on any atom is 0.316 e. The van der Waals surface area contributed by atoms with Crippen LogP contribution >= 0.6 is 0 Å². The van der Waals surface area contributed by atoms with E-state index in [1.807, 2.05) is 31.2 Å². The monoisotopic (exact) mass is 275 g/mol. The molecule has 1 aromatic rings. The highest BCUT2D eigenvalue weighted by molar-refractivity contribution is 5.99. The summed E-state index contributed by atoms with van der Waals surface area (Å²) in [5.74, 6) is -2.08. The van der Waals surface area contributed by atoms with Crippen molar-refractivity contribution >= 4 is 11.9 Å². The zero-order chi connectivity index (χ0) is 14.5. The molecule has 2 bridgehead atoms. The minimum absolute atomic E-state index is 0.318. The van der Waals surface area contributed by atoms with Crippen LogP contribution in [0.4, 0.5) is 0 Å². The Labute approximate surface area is 117 Å². The number of ether oxygens (including phenoxy) is 1. The van der Waals surface area contributed by atoms with Gasteiger partial charge >= 0.3 is 5.97 Å². The highest BCUT2D eigenvalue weighted by atomic mass is 16.5. The minimum atomic E-state index is -1.06. The number of carbonyl (C=O) groups is 2. The van der Waals surface area contributed by atoms with Gasteiger partial charge in [-0.2, -0.15) is 0 Å². The van der Waals surface area contributed by atoms with E-state index in [1.54, 1.807) is 7.05 Å². The summed E-state index contributed by atoms with van der Waals surface area (Å²) in [7, 11) is 1.63. The van der Waals surface area contributed by atoms with Crippen molar-refractivity contribution in [2.24, 2.45) is 5.92 Å². The number of carbonyl (C=O) groups excluding carboxylic acids is 1.